The van der Waals surface area contributed by atoms with Crippen LogP contribution in [0.4, 0.5) is 0 Å². The van der Waals surface area contributed by atoms with Crippen LogP contribution in [0.25, 0.3) is 0 Å². The first-order chi connectivity index (χ1) is 11.2. The molecule has 3 nitrogen and oxygen atoms in total. The third kappa shape index (κ3) is 4.77. The molecule has 0 bridgehead atoms. The second-order valence-electron chi connectivity index (χ2n) is 7.77. The van der Waals surface area contributed by atoms with Gasteiger partial charge in [0.25, 0.3) is 0 Å². The Balaban J connectivity index is 1.36. The Bertz CT molecular complexity index is 472. The minimum absolute atomic E-state index is 0.766. The zero-order chi connectivity index (χ0) is 16.1. The number of rotatable bonds is 5. The largest absolute Gasteiger partial charge is 0.314 e. The Labute approximate surface area is 141 Å². The van der Waals surface area contributed by atoms with Crippen LogP contribution in [0.5, 0.6) is 0 Å². The van der Waals surface area contributed by atoms with Crippen LogP contribution in [0, 0.1) is 12.8 Å². The van der Waals surface area contributed by atoms with Crippen LogP contribution in [0.3, 0.4) is 0 Å². The number of nitrogens with one attached hydrogen (secondary N) is 1. The van der Waals surface area contributed by atoms with Gasteiger partial charge in [0.2, 0.25) is 0 Å². The molecule has 2 fully saturated rings. The Morgan fingerprint density at radius 3 is 2.57 bits per heavy atom. The number of hydrogen-bond donors (Lipinski definition) is 1. The number of aromatic nitrogens is 1. The summed E-state index contributed by atoms with van der Waals surface area (Å²) in [6, 6.07) is 3.00. The molecule has 0 unspecified atom stereocenters. The topological polar surface area (TPSA) is 28.2 Å². The Morgan fingerprint density at radius 1 is 1.13 bits per heavy atom. The smallest absolute Gasteiger partial charge is 0.0299 e. The maximum absolute atomic E-state index is 4.23. The monoisotopic (exact) mass is 315 g/mol. The highest BCUT2D eigenvalue weighted by atomic mass is 15.1. The molecule has 23 heavy (non-hydrogen) atoms. The van der Waals surface area contributed by atoms with E-state index in [1.807, 2.05) is 12.4 Å². The Kier molecular flexibility index (Phi) is 6.07. The predicted octanol–water partition coefficient (Wildman–Crippen LogP) is 3.74. The van der Waals surface area contributed by atoms with Gasteiger partial charge in [0, 0.05) is 18.4 Å². The van der Waals surface area contributed by atoms with Gasteiger partial charge < -0.3 is 10.2 Å². The first kappa shape index (κ1) is 16.9. The van der Waals surface area contributed by atoms with Gasteiger partial charge in [-0.2, -0.15) is 0 Å². The quantitative estimate of drug-likeness (QED) is 0.897. The van der Waals surface area contributed by atoms with Crippen molar-refractivity contribution in [2.75, 3.05) is 26.7 Å². The van der Waals surface area contributed by atoms with Crippen LogP contribution in [0.1, 0.15) is 62.0 Å². The molecule has 1 aromatic heterocycles. The molecule has 1 saturated heterocycles. The molecule has 1 aliphatic heterocycles. The molecular formula is C20H33N3. The molecule has 1 aliphatic carbocycles. The summed E-state index contributed by atoms with van der Waals surface area (Å²) in [5, 5.41) is 3.81. The second-order valence-corrected chi connectivity index (χ2v) is 7.77. The maximum Gasteiger partial charge on any atom is 0.0299 e. The van der Waals surface area contributed by atoms with Gasteiger partial charge in [-0.1, -0.05) is 0 Å². The van der Waals surface area contributed by atoms with E-state index in [0.29, 0.717) is 0 Å². The number of nitrogens with zero attached hydrogens (tertiary/aromatic N) is 2. The lowest BCUT2D eigenvalue weighted by atomic mass is 9.77. The molecule has 0 atom stereocenters. The van der Waals surface area contributed by atoms with E-state index < -0.39 is 0 Å². The molecule has 0 amide bonds. The molecule has 128 valence electrons. The zero-order valence-corrected chi connectivity index (χ0v) is 14.9. The highest BCUT2D eigenvalue weighted by molar-refractivity contribution is 5.26. The van der Waals surface area contributed by atoms with Crippen LogP contribution in [0.2, 0.25) is 0 Å². The van der Waals surface area contributed by atoms with Crippen molar-refractivity contribution in [2.45, 2.75) is 63.8 Å². The fourth-order valence-electron chi connectivity index (χ4n) is 4.41. The van der Waals surface area contributed by atoms with Gasteiger partial charge in [-0.15, -0.1) is 0 Å². The zero-order valence-electron chi connectivity index (χ0n) is 14.9. The van der Waals surface area contributed by atoms with E-state index in [9.17, 15) is 0 Å². The standard InChI is InChI=1S/C20H33N3/c1-16-15-21-11-8-20(16)18-5-3-17(4-6-18)7-12-22-19-9-13-23(2)14-10-19/h8,11,15,17-19,22H,3-7,9-10,12-14H2,1-2H3. The summed E-state index contributed by atoms with van der Waals surface area (Å²) in [5.74, 6) is 1.71. The minimum Gasteiger partial charge on any atom is -0.314 e. The first-order valence-corrected chi connectivity index (χ1v) is 9.55. The highest BCUT2D eigenvalue weighted by Gasteiger charge is 2.23. The fourth-order valence-corrected chi connectivity index (χ4v) is 4.41. The molecule has 0 aromatic carbocycles. The van der Waals surface area contributed by atoms with E-state index >= 15 is 0 Å². The van der Waals surface area contributed by atoms with E-state index in [1.165, 1.54) is 70.1 Å². The van der Waals surface area contributed by atoms with E-state index in [1.54, 1.807) is 5.56 Å². The van der Waals surface area contributed by atoms with Crippen LogP contribution in [-0.4, -0.2) is 42.6 Å². The molecule has 1 saturated carbocycles. The summed E-state index contributed by atoms with van der Waals surface area (Å²) in [5.41, 5.74) is 2.92. The lowest BCUT2D eigenvalue weighted by Crippen LogP contribution is -2.41. The summed E-state index contributed by atoms with van der Waals surface area (Å²) in [4.78, 5) is 6.68. The van der Waals surface area contributed by atoms with E-state index in [0.717, 1.165) is 17.9 Å². The Hall–Kier alpha value is -0.930. The van der Waals surface area contributed by atoms with Crippen molar-refractivity contribution in [1.29, 1.82) is 0 Å². The first-order valence-electron chi connectivity index (χ1n) is 9.55. The van der Waals surface area contributed by atoms with Crippen molar-refractivity contribution in [3.63, 3.8) is 0 Å². The van der Waals surface area contributed by atoms with Crippen molar-refractivity contribution < 1.29 is 0 Å². The summed E-state index contributed by atoms with van der Waals surface area (Å²) < 4.78 is 0. The van der Waals surface area contributed by atoms with E-state index in [4.69, 9.17) is 0 Å². The summed E-state index contributed by atoms with van der Waals surface area (Å²) in [6.07, 6.45) is 13.5. The van der Waals surface area contributed by atoms with Crippen molar-refractivity contribution in [1.82, 2.24) is 15.2 Å². The summed E-state index contributed by atoms with van der Waals surface area (Å²) in [7, 11) is 2.24. The second kappa shape index (κ2) is 8.25. The number of pyridine rings is 1. The van der Waals surface area contributed by atoms with Crippen molar-refractivity contribution in [3.8, 4) is 0 Å². The SMILES string of the molecule is Cc1cnccc1C1CCC(CCNC2CCN(C)CC2)CC1. The van der Waals surface area contributed by atoms with Gasteiger partial charge >= 0.3 is 0 Å². The highest BCUT2D eigenvalue weighted by Crippen LogP contribution is 2.37. The number of piperidine rings is 1. The lowest BCUT2D eigenvalue weighted by molar-refractivity contribution is 0.228. The van der Waals surface area contributed by atoms with Crippen LogP contribution < -0.4 is 5.32 Å². The molecular weight excluding hydrogens is 282 g/mol. The minimum atomic E-state index is 0.766. The van der Waals surface area contributed by atoms with Gasteiger partial charge in [-0.3, -0.25) is 4.98 Å². The normalized spacial score (nSPS) is 27.2. The molecule has 1 aromatic rings. The van der Waals surface area contributed by atoms with Gasteiger partial charge in [-0.25, -0.2) is 0 Å². The van der Waals surface area contributed by atoms with Crippen molar-refractivity contribution in [3.05, 3.63) is 29.6 Å². The molecule has 0 radical (unpaired) electrons. The van der Waals surface area contributed by atoms with Crippen LogP contribution in [-0.2, 0) is 0 Å². The average Bonchev–Trinajstić information content (AvgIpc) is 2.58. The maximum atomic E-state index is 4.23. The number of likely N-dealkylation sites (tertiary alicyclic amines) is 1. The summed E-state index contributed by atoms with van der Waals surface area (Å²) >= 11 is 0. The molecule has 0 spiro atoms. The van der Waals surface area contributed by atoms with Gasteiger partial charge in [0.15, 0.2) is 0 Å². The average molecular weight is 316 g/mol. The number of hydrogen-bond acceptors (Lipinski definition) is 3. The van der Waals surface area contributed by atoms with Crippen molar-refractivity contribution >= 4 is 0 Å². The molecule has 1 N–H and O–H groups in total. The molecule has 2 heterocycles. The lowest BCUT2D eigenvalue weighted by Gasteiger charge is -2.32. The molecule has 3 rings (SSSR count). The van der Waals surface area contributed by atoms with E-state index in [-0.39, 0.29) is 0 Å². The van der Waals surface area contributed by atoms with Gasteiger partial charge in [0.05, 0.1) is 0 Å². The molecule has 2 aliphatic rings. The van der Waals surface area contributed by atoms with Crippen LogP contribution in [0.15, 0.2) is 18.5 Å². The molecule has 3 heteroatoms. The third-order valence-corrected chi connectivity index (χ3v) is 6.05. The number of aryl methyl sites for hydroxylation is 1. The van der Waals surface area contributed by atoms with E-state index in [2.05, 4.69) is 35.2 Å². The van der Waals surface area contributed by atoms with Crippen molar-refractivity contribution in [2.24, 2.45) is 5.92 Å². The van der Waals surface area contributed by atoms with Gasteiger partial charge in [-0.05, 0) is 108 Å². The van der Waals surface area contributed by atoms with Crippen LogP contribution >= 0.6 is 0 Å². The Morgan fingerprint density at radius 2 is 1.87 bits per heavy atom. The fraction of sp³-hybridized carbons (Fsp3) is 0.750. The predicted molar refractivity (Wildman–Crippen MR) is 96.8 cm³/mol. The summed E-state index contributed by atoms with van der Waals surface area (Å²) in [6.45, 7) is 5.94. The van der Waals surface area contributed by atoms with Gasteiger partial charge in [0.1, 0.15) is 0 Å². The third-order valence-electron chi connectivity index (χ3n) is 6.05.